The van der Waals surface area contributed by atoms with E-state index in [1.807, 2.05) is 0 Å². The normalized spacial score (nSPS) is 23.4. The highest BCUT2D eigenvalue weighted by Gasteiger charge is 2.39. The molecule has 0 spiro atoms. The Kier molecular flexibility index (Phi) is 4.25. The molecule has 1 aromatic carbocycles. The Balaban J connectivity index is 2.53. The molecule has 1 aliphatic heterocycles. The Labute approximate surface area is 131 Å². The van der Waals surface area contributed by atoms with Gasteiger partial charge in [0.2, 0.25) is 10.0 Å². The highest BCUT2D eigenvalue weighted by Crippen LogP contribution is 2.34. The number of carboxylic acids is 1. The molecule has 1 unspecified atom stereocenters. The van der Waals surface area contributed by atoms with Crippen molar-refractivity contribution in [2.75, 3.05) is 13.1 Å². The van der Waals surface area contributed by atoms with Crippen molar-refractivity contribution in [1.82, 2.24) is 4.31 Å². The first-order valence-corrected chi connectivity index (χ1v) is 8.19. The summed E-state index contributed by atoms with van der Waals surface area (Å²) in [4.78, 5) is 10.7. The first-order valence-electron chi connectivity index (χ1n) is 5.99. The summed E-state index contributed by atoms with van der Waals surface area (Å²) < 4.78 is 26.2. The third-order valence-electron chi connectivity index (χ3n) is 3.27. The summed E-state index contributed by atoms with van der Waals surface area (Å²) in [5.41, 5.74) is -1.50. The van der Waals surface area contributed by atoms with Crippen LogP contribution in [0.15, 0.2) is 17.0 Å². The number of hydrogen-bond acceptors (Lipinski definition) is 4. The number of carbonyl (C=O) groups is 1. The topological polar surface area (TPSA) is 94.9 Å². The minimum absolute atomic E-state index is 0.0404. The number of nitrogens with zero attached hydrogens (tertiary/aromatic N) is 1. The Hall–Kier alpha value is -0.860. The van der Waals surface area contributed by atoms with Crippen LogP contribution in [-0.4, -0.2) is 47.6 Å². The predicted molar refractivity (Wildman–Crippen MR) is 77.4 cm³/mol. The number of sulfonamides is 1. The average molecular weight is 354 g/mol. The molecule has 116 valence electrons. The number of halogens is 2. The maximum atomic E-state index is 12.5. The van der Waals surface area contributed by atoms with Gasteiger partial charge in [0, 0.05) is 18.1 Å². The molecule has 21 heavy (non-hydrogen) atoms. The van der Waals surface area contributed by atoms with Crippen LogP contribution in [0.5, 0.6) is 0 Å². The van der Waals surface area contributed by atoms with E-state index in [0.29, 0.717) is 0 Å². The zero-order valence-corrected chi connectivity index (χ0v) is 13.3. The Morgan fingerprint density at radius 1 is 1.38 bits per heavy atom. The second-order valence-corrected chi connectivity index (χ2v) is 7.88. The van der Waals surface area contributed by atoms with Gasteiger partial charge in [0.15, 0.2) is 0 Å². The lowest BCUT2D eigenvalue weighted by Gasteiger charge is -2.20. The smallest absolute Gasteiger partial charge is 0.337 e. The molecule has 1 aliphatic rings. The minimum atomic E-state index is -4.03. The number of hydrogen-bond donors (Lipinski definition) is 2. The Morgan fingerprint density at radius 2 is 2.00 bits per heavy atom. The fourth-order valence-corrected chi connectivity index (χ4v) is 4.59. The fraction of sp³-hybridized carbons (Fsp3) is 0.417. The van der Waals surface area contributed by atoms with Crippen LogP contribution in [0.3, 0.4) is 0 Å². The van der Waals surface area contributed by atoms with E-state index in [-0.39, 0.29) is 35.0 Å². The molecule has 6 nitrogen and oxygen atoms in total. The van der Waals surface area contributed by atoms with Crippen LogP contribution in [0.4, 0.5) is 0 Å². The third-order valence-corrected chi connectivity index (χ3v) is 5.88. The monoisotopic (exact) mass is 353 g/mol. The van der Waals surface area contributed by atoms with Gasteiger partial charge in [-0.25, -0.2) is 13.2 Å². The van der Waals surface area contributed by atoms with Gasteiger partial charge in [0.1, 0.15) is 4.90 Å². The van der Waals surface area contributed by atoms with E-state index in [1.54, 1.807) is 0 Å². The van der Waals surface area contributed by atoms with Gasteiger partial charge in [0.25, 0.3) is 0 Å². The van der Waals surface area contributed by atoms with Gasteiger partial charge < -0.3 is 10.2 Å². The average Bonchev–Trinajstić information content (AvgIpc) is 2.72. The van der Waals surface area contributed by atoms with Gasteiger partial charge in [-0.1, -0.05) is 23.2 Å². The van der Waals surface area contributed by atoms with E-state index in [4.69, 9.17) is 28.3 Å². The Morgan fingerprint density at radius 3 is 2.48 bits per heavy atom. The number of aromatic carboxylic acids is 1. The van der Waals surface area contributed by atoms with Crippen LogP contribution >= 0.6 is 23.2 Å². The molecule has 1 saturated heterocycles. The first-order chi connectivity index (χ1) is 9.54. The summed E-state index contributed by atoms with van der Waals surface area (Å²) in [6.45, 7) is 1.58. The molecule has 0 radical (unpaired) electrons. The SMILES string of the molecule is CC1(O)CCN(S(=O)(=O)c2cc(Cl)cc(C(=O)O)c2Cl)C1. The summed E-state index contributed by atoms with van der Waals surface area (Å²) in [5, 5.41) is 18.5. The standard InChI is InChI=1S/C12H13Cl2NO5S/c1-12(18)2-3-15(6-12)21(19,20)9-5-7(13)4-8(10(9)14)11(16)17/h4-5,18H,2-3,6H2,1H3,(H,16,17). The van der Waals surface area contributed by atoms with Crippen LogP contribution in [-0.2, 0) is 10.0 Å². The van der Waals surface area contributed by atoms with Crippen molar-refractivity contribution < 1.29 is 23.4 Å². The molecule has 2 rings (SSSR count). The van der Waals surface area contributed by atoms with Crippen LogP contribution in [0.2, 0.25) is 10.0 Å². The molecule has 9 heteroatoms. The lowest BCUT2D eigenvalue weighted by molar-refractivity contribution is 0.0695. The molecule has 1 aromatic rings. The van der Waals surface area contributed by atoms with E-state index in [0.717, 1.165) is 16.4 Å². The lowest BCUT2D eigenvalue weighted by atomic mass is 10.1. The number of rotatable bonds is 3. The maximum Gasteiger partial charge on any atom is 0.337 e. The molecule has 2 N–H and O–H groups in total. The van der Waals surface area contributed by atoms with Crippen molar-refractivity contribution in [2.24, 2.45) is 0 Å². The van der Waals surface area contributed by atoms with Crippen LogP contribution in [0.25, 0.3) is 0 Å². The van der Waals surface area contributed by atoms with E-state index < -0.39 is 26.6 Å². The van der Waals surface area contributed by atoms with Crippen molar-refractivity contribution in [3.05, 3.63) is 27.7 Å². The van der Waals surface area contributed by atoms with Crippen molar-refractivity contribution >= 4 is 39.2 Å². The second-order valence-electron chi connectivity index (χ2n) is 5.16. The zero-order valence-electron chi connectivity index (χ0n) is 11.0. The zero-order chi connectivity index (χ0) is 16.0. The summed E-state index contributed by atoms with van der Waals surface area (Å²) in [7, 11) is -4.03. The molecule has 1 heterocycles. The van der Waals surface area contributed by atoms with E-state index >= 15 is 0 Å². The first kappa shape index (κ1) is 16.5. The summed E-state index contributed by atoms with van der Waals surface area (Å²) in [6, 6.07) is 2.20. The van der Waals surface area contributed by atoms with Gasteiger partial charge in [0.05, 0.1) is 16.2 Å². The third kappa shape index (κ3) is 3.17. The lowest BCUT2D eigenvalue weighted by Crippen LogP contribution is -2.34. The van der Waals surface area contributed by atoms with Gasteiger partial charge >= 0.3 is 5.97 Å². The molecular weight excluding hydrogens is 341 g/mol. The van der Waals surface area contributed by atoms with Crippen LogP contribution < -0.4 is 0 Å². The van der Waals surface area contributed by atoms with Crippen LogP contribution in [0.1, 0.15) is 23.7 Å². The quantitative estimate of drug-likeness (QED) is 0.864. The molecule has 0 bridgehead atoms. The second kappa shape index (κ2) is 5.40. The molecular formula is C12H13Cl2NO5S. The number of benzene rings is 1. The molecule has 1 atom stereocenters. The number of carboxylic acid groups (broad SMARTS) is 1. The molecule has 0 aliphatic carbocycles. The maximum absolute atomic E-state index is 12.5. The van der Waals surface area contributed by atoms with Crippen molar-refractivity contribution in [3.63, 3.8) is 0 Å². The van der Waals surface area contributed by atoms with Crippen molar-refractivity contribution in [3.8, 4) is 0 Å². The summed E-state index contributed by atoms with van der Waals surface area (Å²) >= 11 is 11.7. The highest BCUT2D eigenvalue weighted by molar-refractivity contribution is 7.89. The van der Waals surface area contributed by atoms with Gasteiger partial charge in [-0.2, -0.15) is 4.31 Å². The van der Waals surface area contributed by atoms with Gasteiger partial charge in [-0.15, -0.1) is 0 Å². The molecule has 0 saturated carbocycles. The minimum Gasteiger partial charge on any atom is -0.478 e. The van der Waals surface area contributed by atoms with E-state index in [2.05, 4.69) is 0 Å². The van der Waals surface area contributed by atoms with Gasteiger partial charge in [-0.05, 0) is 25.5 Å². The fourth-order valence-electron chi connectivity index (χ4n) is 2.16. The Bertz CT molecular complexity index is 702. The highest BCUT2D eigenvalue weighted by atomic mass is 35.5. The molecule has 0 amide bonds. The van der Waals surface area contributed by atoms with E-state index in [9.17, 15) is 18.3 Å². The van der Waals surface area contributed by atoms with Crippen LogP contribution in [0, 0.1) is 0 Å². The molecule has 1 fully saturated rings. The summed E-state index contributed by atoms with van der Waals surface area (Å²) in [6.07, 6.45) is 0.288. The molecule has 0 aromatic heterocycles. The summed E-state index contributed by atoms with van der Waals surface area (Å²) in [5.74, 6) is -1.37. The number of aliphatic hydroxyl groups is 1. The van der Waals surface area contributed by atoms with Gasteiger partial charge in [-0.3, -0.25) is 0 Å². The number of β-amino-alcohol motifs (C(OH)–C–C–N with tert-alkyl or cyclic N) is 1. The van der Waals surface area contributed by atoms with Crippen molar-refractivity contribution in [2.45, 2.75) is 23.8 Å². The van der Waals surface area contributed by atoms with E-state index in [1.165, 1.54) is 6.92 Å². The predicted octanol–water partition coefficient (Wildman–Crippen LogP) is 1.84. The largest absolute Gasteiger partial charge is 0.478 e. The van der Waals surface area contributed by atoms with Crippen molar-refractivity contribution in [1.29, 1.82) is 0 Å².